The lowest BCUT2D eigenvalue weighted by Crippen LogP contribution is -2.77. The van der Waals surface area contributed by atoms with Gasteiger partial charge in [-0.1, -0.05) is 6.92 Å². The second kappa shape index (κ2) is 8.19. The zero-order chi connectivity index (χ0) is 30.2. The van der Waals surface area contributed by atoms with Crippen molar-refractivity contribution in [1.82, 2.24) is 0 Å². The van der Waals surface area contributed by atoms with E-state index in [2.05, 4.69) is 0 Å². The fraction of sp³-hybridized carbons (Fsp3) is 1.00. The van der Waals surface area contributed by atoms with Crippen LogP contribution in [0.3, 0.4) is 0 Å². The third-order valence-electron chi connectivity index (χ3n) is 4.41. The Morgan fingerprint density at radius 2 is 0.444 bits per heavy atom. The highest BCUT2D eigenvalue weighted by molar-refractivity contribution is 5.18. The van der Waals surface area contributed by atoms with E-state index in [-0.39, 0.29) is 6.92 Å². The number of halogens is 23. The van der Waals surface area contributed by atoms with Crippen LogP contribution in [-0.4, -0.2) is 65.4 Å². The maximum absolute atomic E-state index is 13.4. The molecule has 0 bridgehead atoms. The molecular formula is C13H5F23. The summed E-state index contributed by atoms with van der Waals surface area (Å²) in [6.07, 6.45) is -10.8. The van der Waals surface area contributed by atoms with Crippen LogP contribution in [0, 0.1) is 0 Å². The Kier molecular flexibility index (Phi) is 7.83. The Bertz CT molecular complexity index is 797. The average molecular weight is 598 g/mol. The molecule has 0 atom stereocenters. The van der Waals surface area contributed by atoms with Gasteiger partial charge in [-0.2, -0.15) is 101 Å². The van der Waals surface area contributed by atoms with E-state index >= 15 is 0 Å². The van der Waals surface area contributed by atoms with Crippen molar-refractivity contribution in [2.75, 3.05) is 0 Å². The van der Waals surface area contributed by atoms with Crippen LogP contribution < -0.4 is 0 Å². The molecule has 0 saturated carbocycles. The van der Waals surface area contributed by atoms with Gasteiger partial charge in [0, 0.05) is 6.42 Å². The topological polar surface area (TPSA) is 0 Å². The summed E-state index contributed by atoms with van der Waals surface area (Å²) in [4.78, 5) is 0. The molecule has 23 heteroatoms. The third kappa shape index (κ3) is 3.82. The lowest BCUT2D eigenvalue weighted by molar-refractivity contribution is -0.478. The van der Waals surface area contributed by atoms with Gasteiger partial charge in [0.2, 0.25) is 0 Å². The van der Waals surface area contributed by atoms with Crippen LogP contribution >= 0.6 is 0 Å². The molecular weight excluding hydrogens is 593 g/mol. The molecule has 0 N–H and O–H groups in total. The first-order valence-electron chi connectivity index (χ1n) is 7.91. The first-order valence-corrected chi connectivity index (χ1v) is 7.91. The van der Waals surface area contributed by atoms with Crippen molar-refractivity contribution in [3.05, 3.63) is 0 Å². The van der Waals surface area contributed by atoms with Crippen LogP contribution in [0.15, 0.2) is 0 Å². The summed E-state index contributed by atoms with van der Waals surface area (Å²) < 4.78 is 299. The number of hydrogen-bond donors (Lipinski definition) is 0. The Labute approximate surface area is 181 Å². The molecule has 0 heterocycles. The summed E-state index contributed by atoms with van der Waals surface area (Å²) >= 11 is 0. The Morgan fingerprint density at radius 3 is 0.611 bits per heavy atom. The van der Waals surface area contributed by atoms with Crippen molar-refractivity contribution >= 4 is 0 Å². The van der Waals surface area contributed by atoms with Gasteiger partial charge in [0.1, 0.15) is 0 Å². The van der Waals surface area contributed by atoms with Gasteiger partial charge in [-0.05, 0) is 0 Å². The number of hydrogen-bond acceptors (Lipinski definition) is 0. The summed E-state index contributed by atoms with van der Waals surface area (Å²) in [6, 6.07) is 0. The molecule has 0 amide bonds. The molecule has 0 aliphatic heterocycles. The molecule has 0 aromatic carbocycles. The highest BCUT2D eigenvalue weighted by Gasteiger charge is 2.98. The monoisotopic (exact) mass is 598 g/mol. The lowest BCUT2D eigenvalue weighted by atomic mass is 9.85. The van der Waals surface area contributed by atoms with Crippen LogP contribution in [0.5, 0.6) is 0 Å². The van der Waals surface area contributed by atoms with Gasteiger partial charge in [-0.15, -0.1) is 0 Å². The van der Waals surface area contributed by atoms with Crippen LogP contribution in [-0.2, 0) is 0 Å². The Hall–Kier alpha value is -1.61. The molecule has 0 rings (SSSR count). The van der Waals surface area contributed by atoms with Gasteiger partial charge in [0.25, 0.3) is 0 Å². The first kappa shape index (κ1) is 34.4. The molecule has 0 spiro atoms. The van der Waals surface area contributed by atoms with E-state index in [1.54, 1.807) is 0 Å². The zero-order valence-corrected chi connectivity index (χ0v) is 15.9. The fourth-order valence-electron chi connectivity index (χ4n) is 2.01. The van der Waals surface area contributed by atoms with Crippen molar-refractivity contribution in [3.63, 3.8) is 0 Å². The van der Waals surface area contributed by atoms with Gasteiger partial charge in [0.15, 0.2) is 0 Å². The molecule has 0 saturated heterocycles. The largest absolute Gasteiger partial charge is 0.460 e. The van der Waals surface area contributed by atoms with Gasteiger partial charge in [-0.25, -0.2) is 0 Å². The van der Waals surface area contributed by atoms with Crippen molar-refractivity contribution in [2.24, 2.45) is 0 Å². The first-order chi connectivity index (χ1) is 15.1. The van der Waals surface area contributed by atoms with Crippen LogP contribution in [0.1, 0.15) is 13.3 Å². The highest BCUT2D eigenvalue weighted by Crippen LogP contribution is 2.67. The van der Waals surface area contributed by atoms with Crippen molar-refractivity contribution < 1.29 is 101 Å². The van der Waals surface area contributed by atoms with Gasteiger partial charge in [0.05, 0.1) is 0 Å². The SMILES string of the molecule is CCC(F)(F)C(F)(F)C(F)(F)C(F)(F)C(F)(F)C(F)(F)C(F)(F)C(F)(F)C(F)(F)C(F)(F)C(F)(F)F. The molecule has 36 heavy (non-hydrogen) atoms. The molecule has 0 nitrogen and oxygen atoms in total. The van der Waals surface area contributed by atoms with Crippen molar-refractivity contribution in [2.45, 2.75) is 78.7 Å². The van der Waals surface area contributed by atoms with E-state index in [1.807, 2.05) is 0 Å². The second-order valence-corrected chi connectivity index (χ2v) is 6.73. The van der Waals surface area contributed by atoms with E-state index in [9.17, 15) is 101 Å². The average Bonchev–Trinajstić information content (AvgIpc) is 2.65. The predicted octanol–water partition coefficient (Wildman–Crippen LogP) is 8.31. The highest BCUT2D eigenvalue weighted by atomic mass is 19.4. The van der Waals surface area contributed by atoms with E-state index in [4.69, 9.17) is 0 Å². The van der Waals surface area contributed by atoms with E-state index < -0.39 is 71.8 Å². The third-order valence-corrected chi connectivity index (χ3v) is 4.41. The molecule has 0 aromatic heterocycles. The maximum Gasteiger partial charge on any atom is 0.460 e. The van der Waals surface area contributed by atoms with Gasteiger partial charge in [-0.3, -0.25) is 0 Å². The lowest BCUT2D eigenvalue weighted by Gasteiger charge is -2.45. The molecule has 0 aromatic rings. The van der Waals surface area contributed by atoms with E-state index in [1.165, 1.54) is 0 Å². The van der Waals surface area contributed by atoms with Crippen LogP contribution in [0.4, 0.5) is 101 Å². The quantitative estimate of drug-likeness (QED) is 0.222. The summed E-state index contributed by atoms with van der Waals surface area (Å²) in [5.74, 6) is -86.8. The van der Waals surface area contributed by atoms with Gasteiger partial charge >= 0.3 is 65.4 Å². The van der Waals surface area contributed by atoms with E-state index in [0.717, 1.165) is 0 Å². The minimum absolute atomic E-state index is 0.244. The standard InChI is InChI=1S/C13H5F23/c1-2-3(14,15)4(16,17)5(18,19)6(20,21)7(22,23)8(24,25)9(26,27)10(28,29)11(30,31)12(32,33)13(34,35)36/h2H2,1H3. The molecule has 0 aliphatic rings. The minimum Gasteiger partial charge on any atom is -0.200 e. The maximum atomic E-state index is 13.4. The van der Waals surface area contributed by atoms with Crippen molar-refractivity contribution in [1.29, 1.82) is 0 Å². The summed E-state index contributed by atoms with van der Waals surface area (Å²) in [5, 5.41) is 0. The molecule has 0 fully saturated rings. The van der Waals surface area contributed by atoms with Gasteiger partial charge < -0.3 is 0 Å². The fourth-order valence-corrected chi connectivity index (χ4v) is 2.01. The van der Waals surface area contributed by atoms with Crippen LogP contribution in [0.25, 0.3) is 0 Å². The molecule has 218 valence electrons. The second-order valence-electron chi connectivity index (χ2n) is 6.73. The summed E-state index contributed by atoms with van der Waals surface area (Å²) in [5.41, 5.74) is 0. The Balaban J connectivity index is 7.18. The molecule has 0 radical (unpaired) electrons. The predicted molar refractivity (Wildman–Crippen MR) is 65.8 cm³/mol. The minimum atomic E-state index is -9.35. The molecule has 0 aliphatic carbocycles. The zero-order valence-electron chi connectivity index (χ0n) is 15.9. The number of alkyl halides is 23. The Morgan fingerprint density at radius 1 is 0.278 bits per heavy atom. The molecule has 0 unspecified atom stereocenters. The number of rotatable bonds is 10. The smallest absolute Gasteiger partial charge is 0.200 e. The van der Waals surface area contributed by atoms with E-state index in [0.29, 0.717) is 0 Å². The normalized spacial score (nSPS) is 17.0. The summed E-state index contributed by atoms with van der Waals surface area (Å²) in [7, 11) is 0. The van der Waals surface area contributed by atoms with Crippen molar-refractivity contribution in [3.8, 4) is 0 Å². The summed E-state index contributed by atoms with van der Waals surface area (Å²) in [6.45, 7) is -0.244. The van der Waals surface area contributed by atoms with Crippen LogP contribution in [0.2, 0.25) is 0 Å².